The molecule has 0 bridgehead atoms. The van der Waals surface area contributed by atoms with Crippen molar-refractivity contribution in [2.75, 3.05) is 32.2 Å². The van der Waals surface area contributed by atoms with E-state index in [4.69, 9.17) is 27.4 Å². The van der Waals surface area contributed by atoms with Crippen LogP contribution in [0.3, 0.4) is 0 Å². The topological polar surface area (TPSA) is 78.6 Å². The van der Waals surface area contributed by atoms with Crippen LogP contribution in [0, 0.1) is 5.92 Å². The van der Waals surface area contributed by atoms with Gasteiger partial charge in [-0.25, -0.2) is 8.42 Å². The second-order valence-electron chi connectivity index (χ2n) is 5.01. The quantitative estimate of drug-likeness (QED) is 0.597. The van der Waals surface area contributed by atoms with Crippen LogP contribution in [0.25, 0.3) is 0 Å². The highest BCUT2D eigenvalue weighted by Crippen LogP contribution is 2.14. The Balaban J connectivity index is 1.84. The van der Waals surface area contributed by atoms with Gasteiger partial charge in [-0.3, -0.25) is 0 Å². The van der Waals surface area contributed by atoms with Gasteiger partial charge in [-0.2, -0.15) is 0 Å². The third-order valence-electron chi connectivity index (χ3n) is 3.37. The summed E-state index contributed by atoms with van der Waals surface area (Å²) in [6.07, 6.45) is 0.979. The van der Waals surface area contributed by atoms with Crippen molar-refractivity contribution >= 4 is 27.0 Å². The maximum Gasteiger partial charge on any atom is 0.180 e. The average molecular weight is 329 g/mol. The van der Waals surface area contributed by atoms with Crippen molar-refractivity contribution in [2.45, 2.75) is 11.3 Å². The summed E-state index contributed by atoms with van der Waals surface area (Å²) in [5.41, 5.74) is 6.14. The molecule has 0 aromatic heterocycles. The number of benzene rings is 1. The second kappa shape index (κ2) is 7.31. The minimum atomic E-state index is -3.34. The smallest absolute Gasteiger partial charge is 0.180 e. The summed E-state index contributed by atoms with van der Waals surface area (Å²) < 4.78 is 35.0. The van der Waals surface area contributed by atoms with Gasteiger partial charge in [0.1, 0.15) is 4.99 Å². The number of thiocarbonyl (C=S) groups is 1. The molecule has 2 N–H and O–H groups in total. The Hall–Kier alpha value is -1.02. The Bertz CT molecular complexity index is 577. The van der Waals surface area contributed by atoms with Crippen molar-refractivity contribution in [3.8, 4) is 0 Å². The van der Waals surface area contributed by atoms with Crippen LogP contribution in [0.4, 0.5) is 0 Å². The molecule has 1 unspecified atom stereocenters. The zero-order chi connectivity index (χ0) is 15.3. The van der Waals surface area contributed by atoms with Crippen molar-refractivity contribution in [1.29, 1.82) is 0 Å². The molecule has 1 aliphatic rings. The molecule has 1 aromatic rings. The predicted molar refractivity (Wildman–Crippen MR) is 84.1 cm³/mol. The van der Waals surface area contributed by atoms with Gasteiger partial charge in [-0.1, -0.05) is 24.4 Å². The van der Waals surface area contributed by atoms with Gasteiger partial charge in [0.2, 0.25) is 0 Å². The third-order valence-corrected chi connectivity index (χ3v) is 5.30. The van der Waals surface area contributed by atoms with Crippen LogP contribution in [0.15, 0.2) is 29.2 Å². The first-order valence-corrected chi connectivity index (χ1v) is 8.83. The molecule has 2 rings (SSSR count). The van der Waals surface area contributed by atoms with Gasteiger partial charge in [0.05, 0.1) is 30.5 Å². The monoisotopic (exact) mass is 329 g/mol. The minimum absolute atomic E-state index is 0.0347. The summed E-state index contributed by atoms with van der Waals surface area (Å²) in [5.74, 6) is 0.352. The molecule has 1 fully saturated rings. The molecule has 7 heteroatoms. The molecule has 5 nitrogen and oxygen atoms in total. The summed E-state index contributed by atoms with van der Waals surface area (Å²) in [5, 5.41) is 0. The lowest BCUT2D eigenvalue weighted by Gasteiger charge is -2.09. The summed E-state index contributed by atoms with van der Waals surface area (Å²) in [6, 6.07) is 6.28. The zero-order valence-electron chi connectivity index (χ0n) is 11.7. The number of hydrogen-bond donors (Lipinski definition) is 1. The molecule has 1 atom stereocenters. The Morgan fingerprint density at radius 3 is 2.67 bits per heavy atom. The average Bonchev–Trinajstić information content (AvgIpc) is 2.97. The predicted octanol–water partition coefficient (Wildman–Crippen LogP) is 1.15. The molecule has 0 spiro atoms. The van der Waals surface area contributed by atoms with Gasteiger partial charge in [0, 0.05) is 18.1 Å². The molecular weight excluding hydrogens is 310 g/mol. The van der Waals surface area contributed by atoms with Crippen LogP contribution >= 0.6 is 12.2 Å². The molecule has 0 amide bonds. The maximum atomic E-state index is 12.1. The Kier molecular flexibility index (Phi) is 5.69. The van der Waals surface area contributed by atoms with Crippen molar-refractivity contribution in [3.05, 3.63) is 29.8 Å². The van der Waals surface area contributed by atoms with E-state index >= 15 is 0 Å². The van der Waals surface area contributed by atoms with Crippen molar-refractivity contribution in [3.63, 3.8) is 0 Å². The Morgan fingerprint density at radius 1 is 1.38 bits per heavy atom. The summed E-state index contributed by atoms with van der Waals surface area (Å²) >= 11 is 4.83. The van der Waals surface area contributed by atoms with Gasteiger partial charge < -0.3 is 15.2 Å². The summed E-state index contributed by atoms with van der Waals surface area (Å²) in [4.78, 5) is 0.511. The number of sulfone groups is 1. The number of hydrogen-bond acceptors (Lipinski definition) is 5. The molecule has 1 saturated heterocycles. The molecular formula is C14H19NO4S2. The minimum Gasteiger partial charge on any atom is -0.389 e. The largest absolute Gasteiger partial charge is 0.389 e. The molecule has 116 valence electrons. The first-order chi connectivity index (χ1) is 9.99. The van der Waals surface area contributed by atoms with Gasteiger partial charge in [-0.05, 0) is 18.6 Å². The normalized spacial score (nSPS) is 18.8. The Labute approximate surface area is 130 Å². The lowest BCUT2D eigenvalue weighted by atomic mass is 10.1. The van der Waals surface area contributed by atoms with E-state index in [1.54, 1.807) is 12.1 Å². The van der Waals surface area contributed by atoms with Crippen LogP contribution in [-0.4, -0.2) is 45.6 Å². The van der Waals surface area contributed by atoms with Gasteiger partial charge in [-0.15, -0.1) is 0 Å². The number of nitrogens with two attached hydrogens (primary N) is 1. The van der Waals surface area contributed by atoms with Crippen molar-refractivity contribution < 1.29 is 17.9 Å². The van der Waals surface area contributed by atoms with E-state index in [9.17, 15) is 8.42 Å². The van der Waals surface area contributed by atoms with Crippen LogP contribution in [-0.2, 0) is 19.3 Å². The highest BCUT2D eigenvalue weighted by molar-refractivity contribution is 7.91. The van der Waals surface area contributed by atoms with E-state index in [1.165, 1.54) is 12.1 Å². The fraction of sp³-hybridized carbons (Fsp3) is 0.500. The van der Waals surface area contributed by atoms with Gasteiger partial charge >= 0.3 is 0 Å². The van der Waals surface area contributed by atoms with Gasteiger partial charge in [0.25, 0.3) is 0 Å². The first-order valence-electron chi connectivity index (χ1n) is 6.77. The van der Waals surface area contributed by atoms with E-state index in [0.29, 0.717) is 24.7 Å². The highest BCUT2D eigenvalue weighted by atomic mass is 32.2. The molecule has 21 heavy (non-hydrogen) atoms. The lowest BCUT2D eigenvalue weighted by molar-refractivity contribution is 0.0997. The molecule has 0 radical (unpaired) electrons. The lowest BCUT2D eigenvalue weighted by Crippen LogP contribution is -2.16. The Morgan fingerprint density at radius 2 is 2.10 bits per heavy atom. The van der Waals surface area contributed by atoms with Gasteiger partial charge in [0.15, 0.2) is 9.84 Å². The van der Waals surface area contributed by atoms with Crippen LogP contribution in [0.2, 0.25) is 0 Å². The number of ether oxygens (including phenoxy) is 2. The maximum absolute atomic E-state index is 12.1. The van der Waals surface area contributed by atoms with Crippen LogP contribution in [0.1, 0.15) is 12.0 Å². The zero-order valence-corrected chi connectivity index (χ0v) is 13.3. The second-order valence-corrected chi connectivity index (χ2v) is 7.56. The highest BCUT2D eigenvalue weighted by Gasteiger charge is 2.17. The van der Waals surface area contributed by atoms with Crippen molar-refractivity contribution in [1.82, 2.24) is 0 Å². The van der Waals surface area contributed by atoms with E-state index in [1.807, 2.05) is 0 Å². The van der Waals surface area contributed by atoms with Crippen LogP contribution < -0.4 is 5.73 Å². The van der Waals surface area contributed by atoms with E-state index in [-0.39, 0.29) is 22.2 Å². The fourth-order valence-corrected chi connectivity index (χ4v) is 3.34. The third kappa shape index (κ3) is 4.74. The van der Waals surface area contributed by atoms with Crippen LogP contribution in [0.5, 0.6) is 0 Å². The molecule has 0 saturated carbocycles. The SMILES string of the molecule is NC(=S)c1ccc(S(=O)(=O)CCOCC2CCOC2)cc1. The van der Waals surface area contributed by atoms with E-state index in [0.717, 1.165) is 13.0 Å². The summed E-state index contributed by atoms with van der Waals surface area (Å²) in [7, 11) is -3.34. The van der Waals surface area contributed by atoms with E-state index < -0.39 is 9.84 Å². The summed E-state index contributed by atoms with van der Waals surface area (Å²) in [6.45, 7) is 2.21. The van der Waals surface area contributed by atoms with E-state index in [2.05, 4.69) is 0 Å². The number of rotatable bonds is 7. The molecule has 1 heterocycles. The first kappa shape index (κ1) is 16.4. The van der Waals surface area contributed by atoms with Crippen molar-refractivity contribution in [2.24, 2.45) is 11.7 Å². The molecule has 0 aliphatic carbocycles. The molecule has 1 aromatic carbocycles. The standard InChI is InChI=1S/C14H19NO4S2/c15-14(20)12-1-3-13(4-2-12)21(16,17)8-7-19-10-11-5-6-18-9-11/h1-4,11H,5-10H2,(H2,15,20). The fourth-order valence-electron chi connectivity index (χ4n) is 2.08. The molecule has 1 aliphatic heterocycles.